The second kappa shape index (κ2) is 10.1. The van der Waals surface area contributed by atoms with E-state index < -0.39 is 0 Å². The van der Waals surface area contributed by atoms with Gasteiger partial charge in [-0.05, 0) is 16.7 Å². The highest BCUT2D eigenvalue weighted by Crippen LogP contribution is 2.11. The molecule has 0 saturated carbocycles. The maximum Gasteiger partial charge on any atom is 0.194 e. The van der Waals surface area contributed by atoms with E-state index in [-0.39, 0.29) is 0 Å². The van der Waals surface area contributed by atoms with Gasteiger partial charge in [-0.3, -0.25) is 9.89 Å². The number of benzene rings is 2. The maximum atomic E-state index is 5.30. The fraction of sp³-hybridized carbons (Fsp3) is 0.409. The first-order valence-corrected chi connectivity index (χ1v) is 9.57. The summed E-state index contributed by atoms with van der Waals surface area (Å²) in [6, 6.07) is 19.1. The molecule has 0 atom stereocenters. The van der Waals surface area contributed by atoms with Gasteiger partial charge in [0.2, 0.25) is 0 Å². The first-order valence-electron chi connectivity index (χ1n) is 9.57. The number of ether oxygens (including phenoxy) is 1. The molecule has 1 heterocycles. The van der Waals surface area contributed by atoms with Gasteiger partial charge >= 0.3 is 0 Å². The molecule has 0 unspecified atom stereocenters. The SMILES string of the molecule is CN=C(NCc1ccccc1COC)N1CCN(Cc2ccccc2)CC1. The highest BCUT2D eigenvalue weighted by Gasteiger charge is 2.19. The molecule has 0 spiro atoms. The number of aliphatic imine (C=N–C) groups is 1. The highest BCUT2D eigenvalue weighted by atomic mass is 16.5. The molecule has 0 aromatic heterocycles. The topological polar surface area (TPSA) is 40.1 Å². The van der Waals surface area contributed by atoms with Gasteiger partial charge in [-0.1, -0.05) is 54.6 Å². The summed E-state index contributed by atoms with van der Waals surface area (Å²) in [6.07, 6.45) is 0. The first-order chi connectivity index (χ1) is 13.3. The van der Waals surface area contributed by atoms with Crippen LogP contribution in [0.1, 0.15) is 16.7 Å². The monoisotopic (exact) mass is 366 g/mol. The Hall–Kier alpha value is -2.37. The molecule has 2 aromatic rings. The van der Waals surface area contributed by atoms with Crippen LogP contribution in [0.2, 0.25) is 0 Å². The van der Waals surface area contributed by atoms with Crippen molar-refractivity contribution in [2.45, 2.75) is 19.7 Å². The second-order valence-electron chi connectivity index (χ2n) is 6.85. The van der Waals surface area contributed by atoms with Crippen molar-refractivity contribution < 1.29 is 4.74 Å². The van der Waals surface area contributed by atoms with Crippen molar-refractivity contribution in [1.82, 2.24) is 15.1 Å². The summed E-state index contributed by atoms with van der Waals surface area (Å²) in [5.74, 6) is 0.974. The van der Waals surface area contributed by atoms with E-state index >= 15 is 0 Å². The van der Waals surface area contributed by atoms with Crippen LogP contribution < -0.4 is 5.32 Å². The number of hydrogen-bond donors (Lipinski definition) is 1. The summed E-state index contributed by atoms with van der Waals surface area (Å²) in [7, 11) is 3.60. The molecular weight excluding hydrogens is 336 g/mol. The molecule has 27 heavy (non-hydrogen) atoms. The van der Waals surface area contributed by atoms with Gasteiger partial charge in [-0.15, -0.1) is 0 Å². The van der Waals surface area contributed by atoms with Gasteiger partial charge in [-0.2, -0.15) is 0 Å². The lowest BCUT2D eigenvalue weighted by molar-refractivity contribution is 0.172. The van der Waals surface area contributed by atoms with Gasteiger partial charge in [0, 0.05) is 53.4 Å². The Balaban J connectivity index is 1.51. The van der Waals surface area contributed by atoms with Crippen molar-refractivity contribution in [3.05, 3.63) is 71.3 Å². The van der Waals surface area contributed by atoms with Crippen LogP contribution in [0.4, 0.5) is 0 Å². The summed E-state index contributed by atoms with van der Waals surface area (Å²) in [5.41, 5.74) is 3.85. The number of piperazine rings is 1. The molecule has 2 aromatic carbocycles. The average molecular weight is 367 g/mol. The van der Waals surface area contributed by atoms with Crippen LogP contribution in [0.15, 0.2) is 59.6 Å². The predicted molar refractivity (Wildman–Crippen MR) is 111 cm³/mol. The standard InChI is InChI=1S/C22H30N4O/c1-23-22(24-16-20-10-6-7-11-21(20)18-27-2)26-14-12-25(13-15-26)17-19-8-4-3-5-9-19/h3-11H,12-18H2,1-2H3,(H,23,24). The Bertz CT molecular complexity index is 724. The Labute approximate surface area is 162 Å². The summed E-state index contributed by atoms with van der Waals surface area (Å²) in [5, 5.41) is 3.52. The minimum absolute atomic E-state index is 0.634. The van der Waals surface area contributed by atoms with Crippen molar-refractivity contribution in [3.63, 3.8) is 0 Å². The number of guanidine groups is 1. The van der Waals surface area contributed by atoms with E-state index in [1.807, 2.05) is 7.05 Å². The lowest BCUT2D eigenvalue weighted by Gasteiger charge is -2.36. The first kappa shape index (κ1) is 19.4. The summed E-state index contributed by atoms with van der Waals surface area (Å²) in [4.78, 5) is 9.35. The molecular formula is C22H30N4O. The van der Waals surface area contributed by atoms with Crippen LogP contribution >= 0.6 is 0 Å². The average Bonchev–Trinajstić information content (AvgIpc) is 2.72. The second-order valence-corrected chi connectivity index (χ2v) is 6.85. The van der Waals surface area contributed by atoms with Gasteiger partial charge in [0.25, 0.3) is 0 Å². The fourth-order valence-corrected chi connectivity index (χ4v) is 3.49. The van der Waals surface area contributed by atoms with Crippen LogP contribution in [0.3, 0.4) is 0 Å². The zero-order valence-electron chi connectivity index (χ0n) is 16.4. The molecule has 1 N–H and O–H groups in total. The molecule has 0 bridgehead atoms. The molecule has 1 aliphatic heterocycles. The molecule has 1 saturated heterocycles. The largest absolute Gasteiger partial charge is 0.380 e. The van der Waals surface area contributed by atoms with E-state index in [1.165, 1.54) is 16.7 Å². The molecule has 144 valence electrons. The molecule has 5 heteroatoms. The summed E-state index contributed by atoms with van der Waals surface area (Å²) < 4.78 is 5.30. The number of nitrogens with one attached hydrogen (secondary N) is 1. The van der Waals surface area contributed by atoms with Gasteiger partial charge in [0.05, 0.1) is 6.61 Å². The Morgan fingerprint density at radius 1 is 0.963 bits per heavy atom. The van der Waals surface area contributed by atoms with Crippen molar-refractivity contribution in [1.29, 1.82) is 0 Å². The van der Waals surface area contributed by atoms with Crippen LogP contribution in [0.25, 0.3) is 0 Å². The number of rotatable bonds is 6. The third-order valence-corrected chi connectivity index (χ3v) is 4.99. The maximum absolute atomic E-state index is 5.30. The van der Waals surface area contributed by atoms with Crippen LogP contribution in [0.5, 0.6) is 0 Å². The van der Waals surface area contributed by atoms with Crippen LogP contribution in [0, 0.1) is 0 Å². The Morgan fingerprint density at radius 3 is 2.30 bits per heavy atom. The minimum Gasteiger partial charge on any atom is -0.380 e. The van der Waals surface area contributed by atoms with E-state index in [9.17, 15) is 0 Å². The Morgan fingerprint density at radius 2 is 1.63 bits per heavy atom. The summed E-state index contributed by atoms with van der Waals surface area (Å²) in [6.45, 7) is 6.50. The van der Waals surface area contributed by atoms with Crippen molar-refractivity contribution in [2.24, 2.45) is 4.99 Å². The normalized spacial score (nSPS) is 15.8. The van der Waals surface area contributed by atoms with Crippen molar-refractivity contribution in [2.75, 3.05) is 40.3 Å². The van der Waals surface area contributed by atoms with Gasteiger partial charge in [0.15, 0.2) is 5.96 Å². The lowest BCUT2D eigenvalue weighted by atomic mass is 10.1. The Kier molecular flexibility index (Phi) is 7.25. The van der Waals surface area contributed by atoms with E-state index in [1.54, 1.807) is 7.11 Å². The third kappa shape index (κ3) is 5.55. The molecule has 5 nitrogen and oxygen atoms in total. The zero-order valence-corrected chi connectivity index (χ0v) is 16.4. The summed E-state index contributed by atoms with van der Waals surface area (Å²) >= 11 is 0. The molecule has 1 aliphatic rings. The molecule has 0 amide bonds. The van der Waals surface area contributed by atoms with Gasteiger partial charge < -0.3 is 15.0 Å². The number of hydrogen-bond acceptors (Lipinski definition) is 3. The fourth-order valence-electron chi connectivity index (χ4n) is 3.49. The third-order valence-electron chi connectivity index (χ3n) is 4.99. The predicted octanol–water partition coefficient (Wildman–Crippen LogP) is 2.73. The van der Waals surface area contributed by atoms with Crippen LogP contribution in [-0.2, 0) is 24.4 Å². The molecule has 1 fully saturated rings. The quantitative estimate of drug-likeness (QED) is 0.630. The lowest BCUT2D eigenvalue weighted by Crippen LogP contribution is -2.52. The molecule has 0 aliphatic carbocycles. The van der Waals surface area contributed by atoms with E-state index in [2.05, 4.69) is 74.7 Å². The highest BCUT2D eigenvalue weighted by molar-refractivity contribution is 5.80. The van der Waals surface area contributed by atoms with Crippen molar-refractivity contribution in [3.8, 4) is 0 Å². The van der Waals surface area contributed by atoms with E-state index in [4.69, 9.17) is 4.74 Å². The number of nitrogens with zero attached hydrogens (tertiary/aromatic N) is 3. The smallest absolute Gasteiger partial charge is 0.194 e. The van der Waals surface area contributed by atoms with Gasteiger partial charge in [0.1, 0.15) is 0 Å². The molecule has 0 radical (unpaired) electrons. The van der Waals surface area contributed by atoms with E-state index in [0.29, 0.717) is 6.61 Å². The van der Waals surface area contributed by atoms with E-state index in [0.717, 1.165) is 45.2 Å². The van der Waals surface area contributed by atoms with Crippen LogP contribution in [-0.4, -0.2) is 56.1 Å². The molecule has 3 rings (SSSR count). The zero-order chi connectivity index (χ0) is 18.9. The number of methoxy groups -OCH3 is 1. The van der Waals surface area contributed by atoms with Gasteiger partial charge in [-0.25, -0.2) is 0 Å². The van der Waals surface area contributed by atoms with Crippen molar-refractivity contribution >= 4 is 5.96 Å². The minimum atomic E-state index is 0.634.